The van der Waals surface area contributed by atoms with E-state index >= 15 is 0 Å². The zero-order valence-corrected chi connectivity index (χ0v) is 10.7. The fraction of sp³-hybridized carbons (Fsp3) is 0.615. The summed E-state index contributed by atoms with van der Waals surface area (Å²) in [7, 11) is 0. The fourth-order valence-electron chi connectivity index (χ4n) is 2.55. The summed E-state index contributed by atoms with van der Waals surface area (Å²) in [5.41, 5.74) is 1.39. The molecule has 0 radical (unpaired) electrons. The third-order valence-corrected chi connectivity index (χ3v) is 3.57. The van der Waals surface area contributed by atoms with Crippen molar-refractivity contribution in [3.63, 3.8) is 0 Å². The molecule has 1 aliphatic heterocycles. The Hall–Kier alpha value is -0.670. The molecule has 0 aliphatic carbocycles. The molecule has 1 aliphatic rings. The van der Waals surface area contributed by atoms with Crippen molar-refractivity contribution in [3.8, 4) is 0 Å². The van der Waals surface area contributed by atoms with Crippen LogP contribution >= 0.6 is 12.2 Å². The Morgan fingerprint density at radius 2 is 2.31 bits per heavy atom. The van der Waals surface area contributed by atoms with Crippen molar-refractivity contribution in [2.45, 2.75) is 38.6 Å². The van der Waals surface area contributed by atoms with Crippen molar-refractivity contribution in [2.24, 2.45) is 0 Å². The number of aromatic amines is 1. The second-order valence-corrected chi connectivity index (χ2v) is 4.97. The van der Waals surface area contributed by atoms with Gasteiger partial charge in [0.2, 0.25) is 0 Å². The van der Waals surface area contributed by atoms with Gasteiger partial charge < -0.3 is 4.98 Å². The first kappa shape index (κ1) is 11.8. The van der Waals surface area contributed by atoms with Crippen molar-refractivity contribution in [1.29, 1.82) is 0 Å². The average Bonchev–Trinajstić information content (AvgIpc) is 2.32. The summed E-state index contributed by atoms with van der Waals surface area (Å²) >= 11 is 5.08. The van der Waals surface area contributed by atoms with Gasteiger partial charge >= 0.3 is 0 Å². The van der Waals surface area contributed by atoms with Gasteiger partial charge in [-0.3, -0.25) is 4.90 Å². The average molecular weight is 236 g/mol. The Kier molecular flexibility index (Phi) is 4.13. The van der Waals surface area contributed by atoms with Crippen LogP contribution in [0.25, 0.3) is 0 Å². The standard InChI is InChI=1S/C13H20N2S/c1-2-8-15-9-4-3-5-12(15)11-6-7-13(16)14-10-11/h6-7,10,12H,2-5,8-9H2,1H3,(H,14,16)/t12-/m0/s1. The first-order chi connectivity index (χ1) is 7.81. The largest absolute Gasteiger partial charge is 0.353 e. The SMILES string of the molecule is CCCN1CCCC[C@H]1c1ccc(=S)[nH]c1. The van der Waals surface area contributed by atoms with E-state index in [0.717, 1.165) is 4.64 Å². The van der Waals surface area contributed by atoms with Gasteiger partial charge in [0.1, 0.15) is 4.64 Å². The van der Waals surface area contributed by atoms with Crippen LogP contribution in [0, 0.1) is 4.64 Å². The number of nitrogens with one attached hydrogen (secondary N) is 1. The van der Waals surface area contributed by atoms with Gasteiger partial charge in [-0.05, 0) is 44.0 Å². The van der Waals surface area contributed by atoms with Crippen molar-refractivity contribution < 1.29 is 0 Å². The monoisotopic (exact) mass is 236 g/mol. The molecular formula is C13H20N2S. The van der Waals surface area contributed by atoms with Crippen LogP contribution in [0.5, 0.6) is 0 Å². The summed E-state index contributed by atoms with van der Waals surface area (Å²) in [5.74, 6) is 0. The van der Waals surface area contributed by atoms with Gasteiger partial charge in [-0.1, -0.05) is 31.6 Å². The Morgan fingerprint density at radius 3 is 3.00 bits per heavy atom. The van der Waals surface area contributed by atoms with Crippen LogP contribution in [0.2, 0.25) is 0 Å². The van der Waals surface area contributed by atoms with E-state index in [1.165, 1.54) is 44.3 Å². The summed E-state index contributed by atoms with van der Waals surface area (Å²) in [4.78, 5) is 5.75. The van der Waals surface area contributed by atoms with Crippen molar-refractivity contribution >= 4 is 12.2 Å². The lowest BCUT2D eigenvalue weighted by Crippen LogP contribution is -2.34. The molecule has 2 heterocycles. The number of piperidine rings is 1. The zero-order chi connectivity index (χ0) is 11.4. The quantitative estimate of drug-likeness (QED) is 0.807. The smallest absolute Gasteiger partial charge is 0.103 e. The van der Waals surface area contributed by atoms with Crippen molar-refractivity contribution in [2.75, 3.05) is 13.1 Å². The van der Waals surface area contributed by atoms with E-state index < -0.39 is 0 Å². The molecule has 0 aromatic carbocycles. The molecule has 3 heteroatoms. The minimum atomic E-state index is 0.598. The van der Waals surface area contributed by atoms with E-state index in [2.05, 4.69) is 29.1 Å². The predicted molar refractivity (Wildman–Crippen MR) is 70.1 cm³/mol. The molecule has 1 N–H and O–H groups in total. The molecule has 1 atom stereocenters. The summed E-state index contributed by atoms with van der Waals surface area (Å²) in [6, 6.07) is 4.78. The van der Waals surface area contributed by atoms with E-state index in [-0.39, 0.29) is 0 Å². The van der Waals surface area contributed by atoms with E-state index in [1.54, 1.807) is 0 Å². The van der Waals surface area contributed by atoms with Crippen LogP contribution in [-0.4, -0.2) is 23.0 Å². The second-order valence-electron chi connectivity index (χ2n) is 4.53. The normalized spacial score (nSPS) is 22.2. The highest BCUT2D eigenvalue weighted by atomic mass is 32.1. The molecule has 0 amide bonds. The maximum atomic E-state index is 5.08. The molecule has 1 fully saturated rings. The van der Waals surface area contributed by atoms with Gasteiger partial charge in [0, 0.05) is 12.2 Å². The van der Waals surface area contributed by atoms with E-state index in [4.69, 9.17) is 12.2 Å². The molecule has 1 aromatic heterocycles. The molecular weight excluding hydrogens is 216 g/mol. The van der Waals surface area contributed by atoms with Crippen molar-refractivity contribution in [1.82, 2.24) is 9.88 Å². The summed E-state index contributed by atoms with van der Waals surface area (Å²) in [6.45, 7) is 4.71. The van der Waals surface area contributed by atoms with Gasteiger partial charge in [-0.25, -0.2) is 0 Å². The molecule has 0 spiro atoms. The number of nitrogens with zero attached hydrogens (tertiary/aromatic N) is 1. The first-order valence-corrected chi connectivity index (χ1v) is 6.65. The number of likely N-dealkylation sites (tertiary alicyclic amines) is 1. The summed E-state index contributed by atoms with van der Waals surface area (Å²) in [6.07, 6.45) is 7.30. The lowest BCUT2D eigenvalue weighted by atomic mass is 9.96. The number of pyridine rings is 1. The Labute approximate surface area is 103 Å². The minimum Gasteiger partial charge on any atom is -0.353 e. The van der Waals surface area contributed by atoms with Gasteiger partial charge in [0.15, 0.2) is 0 Å². The molecule has 2 nitrogen and oxygen atoms in total. The topological polar surface area (TPSA) is 19.0 Å². The summed E-state index contributed by atoms with van der Waals surface area (Å²) in [5, 5.41) is 0. The molecule has 2 rings (SSSR count). The fourth-order valence-corrected chi connectivity index (χ4v) is 2.68. The van der Waals surface area contributed by atoms with Gasteiger partial charge in [0.05, 0.1) is 0 Å². The van der Waals surface area contributed by atoms with Gasteiger partial charge in [-0.2, -0.15) is 0 Å². The van der Waals surface area contributed by atoms with Crippen LogP contribution in [0.3, 0.4) is 0 Å². The number of H-pyrrole nitrogens is 1. The maximum Gasteiger partial charge on any atom is 0.103 e. The molecule has 1 aromatic rings. The van der Waals surface area contributed by atoms with E-state index in [9.17, 15) is 0 Å². The number of aromatic nitrogens is 1. The molecule has 0 bridgehead atoms. The number of hydrogen-bond acceptors (Lipinski definition) is 2. The molecule has 88 valence electrons. The first-order valence-electron chi connectivity index (χ1n) is 6.24. The lowest BCUT2D eigenvalue weighted by molar-refractivity contribution is 0.149. The summed E-state index contributed by atoms with van der Waals surface area (Å²) < 4.78 is 0.821. The van der Waals surface area contributed by atoms with Crippen LogP contribution < -0.4 is 0 Å². The molecule has 0 unspecified atom stereocenters. The maximum absolute atomic E-state index is 5.08. The Balaban J connectivity index is 2.16. The van der Waals surface area contributed by atoms with Crippen LogP contribution in [0.1, 0.15) is 44.2 Å². The number of hydrogen-bond donors (Lipinski definition) is 1. The minimum absolute atomic E-state index is 0.598. The lowest BCUT2D eigenvalue weighted by Gasteiger charge is -2.35. The van der Waals surface area contributed by atoms with E-state index in [0.29, 0.717) is 6.04 Å². The molecule has 0 saturated carbocycles. The van der Waals surface area contributed by atoms with Crippen molar-refractivity contribution in [3.05, 3.63) is 28.5 Å². The zero-order valence-electron chi connectivity index (χ0n) is 9.91. The highest BCUT2D eigenvalue weighted by Crippen LogP contribution is 2.30. The highest BCUT2D eigenvalue weighted by Gasteiger charge is 2.22. The number of rotatable bonds is 3. The van der Waals surface area contributed by atoms with Crippen LogP contribution in [-0.2, 0) is 0 Å². The predicted octanol–water partition coefficient (Wildman–Crippen LogP) is 3.68. The van der Waals surface area contributed by atoms with Crippen LogP contribution in [0.15, 0.2) is 18.3 Å². The molecule has 16 heavy (non-hydrogen) atoms. The Morgan fingerprint density at radius 1 is 1.44 bits per heavy atom. The van der Waals surface area contributed by atoms with E-state index in [1.807, 2.05) is 6.07 Å². The van der Waals surface area contributed by atoms with Gasteiger partial charge in [0.25, 0.3) is 0 Å². The highest BCUT2D eigenvalue weighted by molar-refractivity contribution is 7.71. The third kappa shape index (κ3) is 2.71. The Bertz CT molecular complexity index is 363. The van der Waals surface area contributed by atoms with Gasteiger partial charge in [-0.15, -0.1) is 0 Å². The molecule has 1 saturated heterocycles. The third-order valence-electron chi connectivity index (χ3n) is 3.32. The second kappa shape index (κ2) is 5.60. The van der Waals surface area contributed by atoms with Crippen LogP contribution in [0.4, 0.5) is 0 Å².